The van der Waals surface area contributed by atoms with Gasteiger partial charge in [-0.1, -0.05) is 11.6 Å². The summed E-state index contributed by atoms with van der Waals surface area (Å²) in [5.74, 6) is 0.373. The zero-order valence-electron chi connectivity index (χ0n) is 14.8. The number of aromatic nitrogens is 3. The molecule has 26 heavy (non-hydrogen) atoms. The summed E-state index contributed by atoms with van der Waals surface area (Å²) in [6.07, 6.45) is 1.80. The molecule has 134 valence electrons. The fourth-order valence-electron chi connectivity index (χ4n) is 2.71. The van der Waals surface area contributed by atoms with E-state index in [-0.39, 0.29) is 12.3 Å². The van der Waals surface area contributed by atoms with Gasteiger partial charge >= 0.3 is 0 Å². The van der Waals surface area contributed by atoms with Crippen molar-refractivity contribution in [2.75, 3.05) is 12.4 Å². The van der Waals surface area contributed by atoms with Crippen LogP contribution in [-0.2, 0) is 11.2 Å². The van der Waals surface area contributed by atoms with Crippen molar-refractivity contribution in [2.45, 2.75) is 20.3 Å². The molecule has 0 aliphatic heterocycles. The molecule has 0 saturated carbocycles. The molecule has 2 heterocycles. The number of anilines is 1. The minimum atomic E-state index is -0.126. The van der Waals surface area contributed by atoms with Gasteiger partial charge in [-0.05, 0) is 44.2 Å². The van der Waals surface area contributed by atoms with E-state index in [1.807, 2.05) is 42.8 Å². The molecule has 1 amide bonds. The van der Waals surface area contributed by atoms with Gasteiger partial charge < -0.3 is 10.1 Å². The normalized spacial score (nSPS) is 10.6. The zero-order chi connectivity index (χ0) is 18.7. The number of aryl methyl sites for hydroxylation is 1. The summed E-state index contributed by atoms with van der Waals surface area (Å²) in [6, 6.07) is 10.9. The first-order valence-electron chi connectivity index (χ1n) is 8.09. The number of ether oxygens (including phenoxy) is 1. The maximum absolute atomic E-state index is 12.4. The number of rotatable bonds is 5. The summed E-state index contributed by atoms with van der Waals surface area (Å²) >= 11 is 5.94. The first-order chi connectivity index (χ1) is 12.5. The SMILES string of the molecule is COc1ccc(NC(=O)Cc2c(C)nn(-c3ccc(Cl)cc3)c2C)cn1. The molecule has 2 aromatic heterocycles. The molecule has 0 saturated heterocycles. The van der Waals surface area contributed by atoms with Gasteiger partial charge in [-0.15, -0.1) is 0 Å². The third kappa shape index (κ3) is 3.86. The maximum Gasteiger partial charge on any atom is 0.228 e. The van der Waals surface area contributed by atoms with E-state index >= 15 is 0 Å². The van der Waals surface area contributed by atoms with Gasteiger partial charge in [-0.25, -0.2) is 9.67 Å². The topological polar surface area (TPSA) is 69.0 Å². The number of halogens is 1. The number of hydrogen-bond donors (Lipinski definition) is 1. The van der Waals surface area contributed by atoms with Crippen LogP contribution in [-0.4, -0.2) is 27.8 Å². The Morgan fingerprint density at radius 1 is 1.19 bits per heavy atom. The fraction of sp³-hybridized carbons (Fsp3) is 0.211. The van der Waals surface area contributed by atoms with Crippen LogP contribution in [0, 0.1) is 13.8 Å². The average Bonchev–Trinajstić information content (AvgIpc) is 2.91. The van der Waals surface area contributed by atoms with E-state index in [0.29, 0.717) is 16.6 Å². The number of pyridine rings is 1. The minimum Gasteiger partial charge on any atom is -0.481 e. The molecule has 0 aliphatic rings. The highest BCUT2D eigenvalue weighted by atomic mass is 35.5. The van der Waals surface area contributed by atoms with Crippen LogP contribution in [0.15, 0.2) is 42.6 Å². The lowest BCUT2D eigenvalue weighted by Crippen LogP contribution is -2.15. The molecule has 0 radical (unpaired) electrons. The molecule has 7 heteroatoms. The van der Waals surface area contributed by atoms with E-state index < -0.39 is 0 Å². The second kappa shape index (κ2) is 7.58. The van der Waals surface area contributed by atoms with Crippen molar-refractivity contribution in [3.63, 3.8) is 0 Å². The molecule has 6 nitrogen and oxygen atoms in total. The lowest BCUT2D eigenvalue weighted by Gasteiger charge is -2.07. The number of carbonyl (C=O) groups excluding carboxylic acids is 1. The van der Waals surface area contributed by atoms with Gasteiger partial charge in [-0.3, -0.25) is 4.79 Å². The van der Waals surface area contributed by atoms with Gasteiger partial charge in [0.05, 0.1) is 36.8 Å². The highest BCUT2D eigenvalue weighted by Gasteiger charge is 2.16. The number of nitrogens with zero attached hydrogens (tertiary/aromatic N) is 3. The summed E-state index contributed by atoms with van der Waals surface area (Å²) in [5, 5.41) is 8.07. The number of nitrogens with one attached hydrogen (secondary N) is 1. The smallest absolute Gasteiger partial charge is 0.228 e. The minimum absolute atomic E-state index is 0.126. The van der Waals surface area contributed by atoms with Crippen molar-refractivity contribution in [1.29, 1.82) is 0 Å². The standard InChI is InChI=1S/C19H19ClN4O2/c1-12-17(10-18(25)22-15-6-9-19(26-3)21-11-15)13(2)24(23-12)16-7-4-14(20)5-8-16/h4-9,11H,10H2,1-3H3,(H,22,25). The van der Waals surface area contributed by atoms with Gasteiger partial charge in [0.25, 0.3) is 0 Å². The lowest BCUT2D eigenvalue weighted by molar-refractivity contribution is -0.115. The van der Waals surface area contributed by atoms with Crippen molar-refractivity contribution in [3.8, 4) is 11.6 Å². The molecule has 0 spiro atoms. The first kappa shape index (κ1) is 17.9. The van der Waals surface area contributed by atoms with Gasteiger partial charge in [0.1, 0.15) is 0 Å². The molecule has 0 aliphatic carbocycles. The second-order valence-corrected chi connectivity index (χ2v) is 6.29. The van der Waals surface area contributed by atoms with Crippen LogP contribution >= 0.6 is 11.6 Å². The van der Waals surface area contributed by atoms with E-state index in [0.717, 1.165) is 22.6 Å². The zero-order valence-corrected chi connectivity index (χ0v) is 15.5. The molecule has 0 fully saturated rings. The lowest BCUT2D eigenvalue weighted by atomic mass is 10.1. The van der Waals surface area contributed by atoms with Crippen LogP contribution in [0.3, 0.4) is 0 Å². The Balaban J connectivity index is 1.76. The highest BCUT2D eigenvalue weighted by molar-refractivity contribution is 6.30. The van der Waals surface area contributed by atoms with Gasteiger partial charge in [0, 0.05) is 22.3 Å². The number of hydrogen-bond acceptors (Lipinski definition) is 4. The van der Waals surface area contributed by atoms with Crippen LogP contribution in [0.2, 0.25) is 5.02 Å². The molecule has 1 N–H and O–H groups in total. The molecule has 0 bridgehead atoms. The molecular weight excluding hydrogens is 352 g/mol. The van der Waals surface area contributed by atoms with Crippen molar-refractivity contribution in [2.24, 2.45) is 0 Å². The molecule has 3 rings (SSSR count). The van der Waals surface area contributed by atoms with Crippen LogP contribution in [0.5, 0.6) is 5.88 Å². The largest absolute Gasteiger partial charge is 0.481 e. The third-order valence-corrected chi connectivity index (χ3v) is 4.33. The Kier molecular flexibility index (Phi) is 5.23. The highest BCUT2D eigenvalue weighted by Crippen LogP contribution is 2.20. The van der Waals surface area contributed by atoms with Crippen molar-refractivity contribution in [1.82, 2.24) is 14.8 Å². The van der Waals surface area contributed by atoms with Crippen molar-refractivity contribution < 1.29 is 9.53 Å². The van der Waals surface area contributed by atoms with E-state index in [4.69, 9.17) is 16.3 Å². The summed E-state index contributed by atoms with van der Waals surface area (Å²) in [4.78, 5) is 16.5. The predicted octanol–water partition coefficient (Wildman–Crippen LogP) is 3.73. The average molecular weight is 371 g/mol. The van der Waals surface area contributed by atoms with Crippen LogP contribution in [0.25, 0.3) is 5.69 Å². The van der Waals surface area contributed by atoms with Crippen molar-refractivity contribution in [3.05, 3.63) is 64.6 Å². The molecular formula is C19H19ClN4O2. The van der Waals surface area contributed by atoms with E-state index in [1.165, 1.54) is 0 Å². The van der Waals surface area contributed by atoms with Crippen LogP contribution < -0.4 is 10.1 Å². The number of methoxy groups -OCH3 is 1. The number of carbonyl (C=O) groups is 1. The Morgan fingerprint density at radius 3 is 2.54 bits per heavy atom. The first-order valence-corrected chi connectivity index (χ1v) is 8.46. The second-order valence-electron chi connectivity index (χ2n) is 5.85. The fourth-order valence-corrected chi connectivity index (χ4v) is 2.83. The van der Waals surface area contributed by atoms with E-state index in [1.54, 1.807) is 25.4 Å². The van der Waals surface area contributed by atoms with E-state index in [2.05, 4.69) is 15.4 Å². The Labute approximate surface area is 156 Å². The third-order valence-electron chi connectivity index (χ3n) is 4.08. The quantitative estimate of drug-likeness (QED) is 0.743. The van der Waals surface area contributed by atoms with Crippen LogP contribution in [0.1, 0.15) is 17.0 Å². The molecule has 3 aromatic rings. The van der Waals surface area contributed by atoms with Crippen LogP contribution in [0.4, 0.5) is 5.69 Å². The van der Waals surface area contributed by atoms with E-state index in [9.17, 15) is 4.79 Å². The Morgan fingerprint density at radius 2 is 1.92 bits per heavy atom. The predicted molar refractivity (Wildman–Crippen MR) is 101 cm³/mol. The number of benzene rings is 1. The number of amides is 1. The van der Waals surface area contributed by atoms with Crippen molar-refractivity contribution >= 4 is 23.2 Å². The molecule has 0 unspecified atom stereocenters. The summed E-state index contributed by atoms with van der Waals surface area (Å²) in [5.41, 5.74) is 4.17. The summed E-state index contributed by atoms with van der Waals surface area (Å²) in [6.45, 7) is 3.85. The Hall–Kier alpha value is -2.86. The van der Waals surface area contributed by atoms with Gasteiger partial charge in [0.15, 0.2) is 0 Å². The Bertz CT molecular complexity index is 918. The maximum atomic E-state index is 12.4. The monoisotopic (exact) mass is 370 g/mol. The van der Waals surface area contributed by atoms with Gasteiger partial charge in [0.2, 0.25) is 11.8 Å². The molecule has 0 atom stereocenters. The summed E-state index contributed by atoms with van der Waals surface area (Å²) in [7, 11) is 1.55. The summed E-state index contributed by atoms with van der Waals surface area (Å²) < 4.78 is 6.83. The van der Waals surface area contributed by atoms with Gasteiger partial charge in [-0.2, -0.15) is 5.10 Å². The molecule has 1 aromatic carbocycles.